The fraction of sp³-hybridized carbons (Fsp3) is 0.917. The van der Waals surface area contributed by atoms with Crippen LogP contribution in [0.5, 0.6) is 0 Å². The van der Waals surface area contributed by atoms with E-state index in [9.17, 15) is 4.79 Å². The second-order valence-electron chi connectivity index (χ2n) is 5.35. The Morgan fingerprint density at radius 2 is 2.00 bits per heavy atom. The molecule has 0 unspecified atom stereocenters. The van der Waals surface area contributed by atoms with E-state index in [-0.39, 0.29) is 11.5 Å². The normalized spacial score (nSPS) is 11.7. The standard InChI is InChI=1S/C12H26N2O2/c1-6-14(9-12(4,5)8-13)11(15)16-7-10(2)3/h10H,6-9,13H2,1-5H3. The predicted molar refractivity (Wildman–Crippen MR) is 66.3 cm³/mol. The maximum atomic E-state index is 11.7. The van der Waals surface area contributed by atoms with Crippen molar-refractivity contribution >= 4 is 6.09 Å². The van der Waals surface area contributed by atoms with Crippen molar-refractivity contribution in [3.8, 4) is 0 Å². The quantitative estimate of drug-likeness (QED) is 0.760. The molecule has 0 aromatic carbocycles. The number of rotatable bonds is 6. The SMILES string of the molecule is CCN(CC(C)(C)CN)C(=O)OCC(C)C. The molecule has 0 aromatic rings. The first-order valence-corrected chi connectivity index (χ1v) is 5.94. The van der Waals surface area contributed by atoms with Crippen LogP contribution in [-0.4, -0.2) is 37.2 Å². The van der Waals surface area contributed by atoms with Crippen LogP contribution in [0.15, 0.2) is 0 Å². The van der Waals surface area contributed by atoms with Gasteiger partial charge in [0.1, 0.15) is 0 Å². The van der Waals surface area contributed by atoms with Crippen molar-refractivity contribution in [2.24, 2.45) is 17.1 Å². The van der Waals surface area contributed by atoms with E-state index in [0.29, 0.717) is 32.2 Å². The van der Waals surface area contributed by atoms with Crippen LogP contribution in [0.25, 0.3) is 0 Å². The van der Waals surface area contributed by atoms with E-state index in [4.69, 9.17) is 10.5 Å². The van der Waals surface area contributed by atoms with E-state index >= 15 is 0 Å². The van der Waals surface area contributed by atoms with Crippen LogP contribution >= 0.6 is 0 Å². The lowest BCUT2D eigenvalue weighted by Gasteiger charge is -2.30. The molecule has 96 valence electrons. The van der Waals surface area contributed by atoms with Crippen LogP contribution in [0.4, 0.5) is 4.79 Å². The van der Waals surface area contributed by atoms with Crippen LogP contribution < -0.4 is 5.73 Å². The number of nitrogens with zero attached hydrogens (tertiary/aromatic N) is 1. The summed E-state index contributed by atoms with van der Waals surface area (Å²) in [7, 11) is 0. The number of amides is 1. The lowest BCUT2D eigenvalue weighted by Crippen LogP contribution is -2.42. The molecule has 0 heterocycles. The van der Waals surface area contributed by atoms with E-state index in [1.54, 1.807) is 4.90 Å². The molecule has 1 amide bonds. The Balaban J connectivity index is 4.22. The lowest BCUT2D eigenvalue weighted by atomic mass is 9.93. The molecule has 0 aliphatic rings. The average molecular weight is 230 g/mol. The van der Waals surface area contributed by atoms with Crippen molar-refractivity contribution in [3.63, 3.8) is 0 Å². The van der Waals surface area contributed by atoms with Gasteiger partial charge in [-0.2, -0.15) is 0 Å². The molecule has 0 saturated heterocycles. The zero-order chi connectivity index (χ0) is 12.8. The summed E-state index contributed by atoms with van der Waals surface area (Å²) in [6.07, 6.45) is -0.238. The Morgan fingerprint density at radius 1 is 1.44 bits per heavy atom. The zero-order valence-corrected chi connectivity index (χ0v) is 11.2. The molecule has 4 heteroatoms. The maximum Gasteiger partial charge on any atom is 0.409 e. The molecule has 0 saturated carbocycles. The van der Waals surface area contributed by atoms with E-state index in [0.717, 1.165) is 0 Å². The number of hydrogen-bond donors (Lipinski definition) is 1. The van der Waals surface area contributed by atoms with E-state index in [1.165, 1.54) is 0 Å². The van der Waals surface area contributed by atoms with Crippen LogP contribution in [0.3, 0.4) is 0 Å². The fourth-order valence-corrected chi connectivity index (χ4v) is 1.22. The molecule has 2 N–H and O–H groups in total. The monoisotopic (exact) mass is 230 g/mol. The number of hydrogen-bond acceptors (Lipinski definition) is 3. The number of carbonyl (C=O) groups is 1. The molecule has 0 bridgehead atoms. The Hall–Kier alpha value is -0.770. The predicted octanol–water partition coefficient (Wildman–Crippen LogP) is 2.09. The molecule has 4 nitrogen and oxygen atoms in total. The molecule has 0 atom stereocenters. The van der Waals surface area contributed by atoms with Gasteiger partial charge in [0.05, 0.1) is 6.61 Å². The van der Waals surface area contributed by atoms with Crippen LogP contribution in [-0.2, 0) is 4.74 Å². The minimum Gasteiger partial charge on any atom is -0.449 e. The highest BCUT2D eigenvalue weighted by molar-refractivity contribution is 5.67. The first-order valence-electron chi connectivity index (χ1n) is 5.94. The summed E-state index contributed by atoms with van der Waals surface area (Å²) in [5.41, 5.74) is 5.59. The van der Waals surface area contributed by atoms with Gasteiger partial charge in [-0.05, 0) is 24.8 Å². The molecule has 0 aliphatic heterocycles. The van der Waals surface area contributed by atoms with Gasteiger partial charge >= 0.3 is 6.09 Å². The molecule has 16 heavy (non-hydrogen) atoms. The van der Waals surface area contributed by atoms with Crippen molar-refractivity contribution in [2.45, 2.75) is 34.6 Å². The Morgan fingerprint density at radius 3 is 2.38 bits per heavy atom. The third-order valence-corrected chi connectivity index (χ3v) is 2.35. The summed E-state index contributed by atoms with van der Waals surface area (Å²) >= 11 is 0. The Kier molecular flexibility index (Phi) is 6.41. The fourth-order valence-electron chi connectivity index (χ4n) is 1.22. The van der Waals surface area contributed by atoms with Gasteiger partial charge in [-0.25, -0.2) is 4.79 Å². The summed E-state index contributed by atoms with van der Waals surface area (Å²) in [6, 6.07) is 0. The van der Waals surface area contributed by atoms with Gasteiger partial charge in [0.25, 0.3) is 0 Å². The minimum atomic E-state index is -0.238. The number of carbonyl (C=O) groups excluding carboxylic acids is 1. The maximum absolute atomic E-state index is 11.7. The highest BCUT2D eigenvalue weighted by Crippen LogP contribution is 2.15. The van der Waals surface area contributed by atoms with Crippen molar-refractivity contribution in [2.75, 3.05) is 26.2 Å². The average Bonchev–Trinajstić information content (AvgIpc) is 2.22. The Bertz CT molecular complexity index is 215. The number of ether oxygens (including phenoxy) is 1. The summed E-state index contributed by atoms with van der Waals surface area (Å²) in [5, 5.41) is 0. The highest BCUT2D eigenvalue weighted by atomic mass is 16.6. The molecule has 0 aromatic heterocycles. The van der Waals surface area contributed by atoms with Gasteiger partial charge in [-0.15, -0.1) is 0 Å². The van der Waals surface area contributed by atoms with E-state index < -0.39 is 0 Å². The third kappa shape index (κ3) is 5.95. The van der Waals surface area contributed by atoms with Crippen molar-refractivity contribution < 1.29 is 9.53 Å². The summed E-state index contributed by atoms with van der Waals surface area (Å²) in [4.78, 5) is 13.4. The smallest absolute Gasteiger partial charge is 0.409 e. The van der Waals surface area contributed by atoms with Crippen molar-refractivity contribution in [3.05, 3.63) is 0 Å². The van der Waals surface area contributed by atoms with Gasteiger partial charge in [0.2, 0.25) is 0 Å². The topological polar surface area (TPSA) is 55.6 Å². The summed E-state index contributed by atoms with van der Waals surface area (Å²) in [6.45, 7) is 12.4. The van der Waals surface area contributed by atoms with E-state index in [2.05, 4.69) is 0 Å². The number of nitrogens with two attached hydrogens (primary N) is 1. The molecular weight excluding hydrogens is 204 g/mol. The van der Waals surface area contributed by atoms with Gasteiger partial charge < -0.3 is 15.4 Å². The first-order chi connectivity index (χ1) is 7.32. The zero-order valence-electron chi connectivity index (χ0n) is 11.2. The second kappa shape index (κ2) is 6.74. The summed E-state index contributed by atoms with van der Waals surface area (Å²) in [5.74, 6) is 0.366. The van der Waals surface area contributed by atoms with Gasteiger partial charge in [-0.3, -0.25) is 0 Å². The van der Waals surface area contributed by atoms with E-state index in [1.807, 2.05) is 34.6 Å². The Labute approximate surface area is 99.1 Å². The van der Waals surface area contributed by atoms with Crippen molar-refractivity contribution in [1.82, 2.24) is 4.90 Å². The van der Waals surface area contributed by atoms with Gasteiger partial charge in [0, 0.05) is 13.1 Å². The van der Waals surface area contributed by atoms with Crippen LogP contribution in [0, 0.1) is 11.3 Å². The molecule has 0 fully saturated rings. The summed E-state index contributed by atoms with van der Waals surface area (Å²) < 4.78 is 5.19. The van der Waals surface area contributed by atoms with Crippen LogP contribution in [0.1, 0.15) is 34.6 Å². The molecular formula is C12H26N2O2. The lowest BCUT2D eigenvalue weighted by molar-refractivity contribution is 0.0810. The minimum absolute atomic E-state index is 0.0626. The third-order valence-electron chi connectivity index (χ3n) is 2.35. The largest absolute Gasteiger partial charge is 0.449 e. The first kappa shape index (κ1) is 15.2. The molecule has 0 spiro atoms. The van der Waals surface area contributed by atoms with Crippen molar-refractivity contribution in [1.29, 1.82) is 0 Å². The van der Waals surface area contributed by atoms with Gasteiger partial charge in [-0.1, -0.05) is 27.7 Å². The molecule has 0 radical (unpaired) electrons. The highest BCUT2D eigenvalue weighted by Gasteiger charge is 2.23. The van der Waals surface area contributed by atoms with Gasteiger partial charge in [0.15, 0.2) is 0 Å². The molecule has 0 aliphatic carbocycles. The second-order valence-corrected chi connectivity index (χ2v) is 5.35. The van der Waals surface area contributed by atoms with Crippen LogP contribution in [0.2, 0.25) is 0 Å². The molecule has 0 rings (SSSR count).